The van der Waals surface area contributed by atoms with E-state index in [0.717, 1.165) is 0 Å². The van der Waals surface area contributed by atoms with Crippen molar-refractivity contribution in [2.75, 3.05) is 13.2 Å². The van der Waals surface area contributed by atoms with E-state index >= 15 is 0 Å². The average molecular weight is 258 g/mol. The maximum Gasteiger partial charge on any atom is 0.258 e. The van der Waals surface area contributed by atoms with Crippen molar-refractivity contribution in [1.29, 1.82) is 0 Å². The molecule has 7 heteroatoms. The monoisotopic (exact) mass is 257 g/mol. The number of halogens is 1. The van der Waals surface area contributed by atoms with Crippen LogP contribution < -0.4 is 21.3 Å². The van der Waals surface area contributed by atoms with E-state index in [1.165, 1.54) is 0 Å². The van der Waals surface area contributed by atoms with Gasteiger partial charge in [0.25, 0.3) is 11.8 Å². The first-order chi connectivity index (χ1) is 8.13. The van der Waals surface area contributed by atoms with E-state index in [0.29, 0.717) is 10.8 Å². The molecule has 2 amide bonds. The van der Waals surface area contributed by atoms with E-state index < -0.39 is 11.8 Å². The van der Waals surface area contributed by atoms with Crippen LogP contribution in [0.2, 0.25) is 5.02 Å². The molecule has 0 spiro atoms. The molecule has 0 radical (unpaired) electrons. The summed E-state index contributed by atoms with van der Waals surface area (Å²) >= 11 is 5.82. The first kappa shape index (κ1) is 13.3. The van der Waals surface area contributed by atoms with E-state index in [2.05, 4.69) is 5.32 Å². The van der Waals surface area contributed by atoms with Gasteiger partial charge >= 0.3 is 0 Å². The van der Waals surface area contributed by atoms with Crippen molar-refractivity contribution in [1.82, 2.24) is 10.7 Å². The highest BCUT2D eigenvalue weighted by atomic mass is 35.5. The predicted octanol–water partition coefficient (Wildman–Crippen LogP) is -0.175. The average Bonchev–Trinajstić information content (AvgIpc) is 2.35. The molecule has 1 aromatic rings. The van der Waals surface area contributed by atoms with E-state index in [1.54, 1.807) is 24.3 Å². The fourth-order valence-electron chi connectivity index (χ4n) is 0.986. The molecular formula is C10H12ClN3O3. The minimum absolute atomic E-state index is 0.193. The van der Waals surface area contributed by atoms with Crippen molar-refractivity contribution in [3.63, 3.8) is 0 Å². The zero-order chi connectivity index (χ0) is 12.7. The predicted molar refractivity (Wildman–Crippen MR) is 62.3 cm³/mol. The minimum Gasteiger partial charge on any atom is -0.482 e. The van der Waals surface area contributed by atoms with E-state index in [4.69, 9.17) is 22.2 Å². The molecule has 0 aliphatic rings. The Morgan fingerprint density at radius 2 is 2.00 bits per heavy atom. The molecule has 0 saturated heterocycles. The summed E-state index contributed by atoms with van der Waals surface area (Å²) < 4.78 is 5.16. The highest BCUT2D eigenvalue weighted by molar-refractivity contribution is 6.32. The quantitative estimate of drug-likeness (QED) is 0.388. The zero-order valence-electron chi connectivity index (χ0n) is 8.90. The van der Waals surface area contributed by atoms with Gasteiger partial charge < -0.3 is 10.1 Å². The Kier molecular flexibility index (Phi) is 5.25. The number of hydrogen-bond acceptors (Lipinski definition) is 4. The van der Waals surface area contributed by atoms with Crippen LogP contribution >= 0.6 is 11.6 Å². The van der Waals surface area contributed by atoms with Crippen LogP contribution in [0.25, 0.3) is 0 Å². The topological polar surface area (TPSA) is 93.5 Å². The minimum atomic E-state index is -0.490. The summed E-state index contributed by atoms with van der Waals surface area (Å²) in [5, 5.41) is 2.74. The molecule has 0 aliphatic carbocycles. The lowest BCUT2D eigenvalue weighted by Gasteiger charge is -2.07. The number of nitrogens with two attached hydrogens (primary N) is 1. The molecule has 92 valence electrons. The third-order valence-corrected chi connectivity index (χ3v) is 2.11. The lowest BCUT2D eigenvalue weighted by atomic mass is 10.3. The summed E-state index contributed by atoms with van der Waals surface area (Å²) in [7, 11) is 0. The van der Waals surface area contributed by atoms with Crippen molar-refractivity contribution in [2.24, 2.45) is 5.84 Å². The van der Waals surface area contributed by atoms with Gasteiger partial charge in [-0.1, -0.05) is 23.7 Å². The molecule has 0 atom stereocenters. The van der Waals surface area contributed by atoms with Gasteiger partial charge in [0.2, 0.25) is 0 Å². The first-order valence-corrected chi connectivity index (χ1v) is 5.14. The number of carbonyl (C=O) groups excluding carboxylic acids is 2. The Hall–Kier alpha value is -1.79. The number of hydrazine groups is 1. The lowest BCUT2D eigenvalue weighted by Crippen LogP contribution is -2.41. The van der Waals surface area contributed by atoms with Crippen molar-refractivity contribution in [2.45, 2.75) is 0 Å². The van der Waals surface area contributed by atoms with Crippen LogP contribution in [-0.4, -0.2) is 25.0 Å². The van der Waals surface area contributed by atoms with Crippen molar-refractivity contribution >= 4 is 23.4 Å². The summed E-state index contributed by atoms with van der Waals surface area (Å²) in [4.78, 5) is 22.0. The van der Waals surface area contributed by atoms with Crippen LogP contribution in [0.5, 0.6) is 5.75 Å². The van der Waals surface area contributed by atoms with Gasteiger partial charge in [0, 0.05) is 0 Å². The Morgan fingerprint density at radius 3 is 2.65 bits per heavy atom. The standard InChI is InChI=1S/C10H12ClN3O3/c11-7-3-1-2-4-8(7)17-6-10(16)13-5-9(15)14-12/h1-4H,5-6,12H2,(H,13,16)(H,14,15). The molecule has 0 saturated carbocycles. The van der Waals surface area contributed by atoms with Gasteiger partial charge in [-0.2, -0.15) is 0 Å². The summed E-state index contributed by atoms with van der Waals surface area (Å²) in [6.45, 7) is -0.414. The van der Waals surface area contributed by atoms with Crippen molar-refractivity contribution in [3.8, 4) is 5.75 Å². The van der Waals surface area contributed by atoms with Gasteiger partial charge in [-0.05, 0) is 12.1 Å². The number of benzene rings is 1. The summed E-state index contributed by atoms with van der Waals surface area (Å²) in [5.41, 5.74) is 1.89. The fraction of sp³-hybridized carbons (Fsp3) is 0.200. The third kappa shape index (κ3) is 4.71. The normalized spacial score (nSPS) is 9.53. The summed E-state index contributed by atoms with van der Waals surface area (Å²) in [6, 6.07) is 6.78. The van der Waals surface area contributed by atoms with Gasteiger partial charge in [-0.3, -0.25) is 15.0 Å². The molecule has 0 fully saturated rings. The van der Waals surface area contributed by atoms with Gasteiger partial charge in [-0.15, -0.1) is 0 Å². The number of carbonyl (C=O) groups is 2. The second-order valence-electron chi connectivity index (χ2n) is 3.06. The largest absolute Gasteiger partial charge is 0.482 e. The molecule has 0 aromatic heterocycles. The van der Waals surface area contributed by atoms with Gasteiger partial charge in [0.15, 0.2) is 6.61 Å². The number of hydrogen-bond donors (Lipinski definition) is 3. The van der Waals surface area contributed by atoms with Gasteiger partial charge in [-0.25, -0.2) is 5.84 Å². The number of nitrogens with one attached hydrogen (secondary N) is 2. The highest BCUT2D eigenvalue weighted by Gasteiger charge is 2.06. The van der Waals surface area contributed by atoms with Crippen LogP contribution in [-0.2, 0) is 9.59 Å². The van der Waals surface area contributed by atoms with E-state index in [-0.39, 0.29) is 13.2 Å². The highest BCUT2D eigenvalue weighted by Crippen LogP contribution is 2.22. The molecule has 1 rings (SSSR count). The van der Waals surface area contributed by atoms with Crippen LogP contribution in [0.15, 0.2) is 24.3 Å². The number of ether oxygens (including phenoxy) is 1. The number of rotatable bonds is 5. The second-order valence-corrected chi connectivity index (χ2v) is 3.47. The molecule has 0 unspecified atom stereocenters. The molecule has 0 heterocycles. The number of para-hydroxylation sites is 1. The summed E-state index contributed by atoms with van der Waals surface area (Å²) in [5.74, 6) is 4.33. The molecular weight excluding hydrogens is 246 g/mol. The molecule has 4 N–H and O–H groups in total. The van der Waals surface area contributed by atoms with Crippen molar-refractivity contribution < 1.29 is 14.3 Å². The van der Waals surface area contributed by atoms with Crippen LogP contribution in [0.3, 0.4) is 0 Å². The van der Waals surface area contributed by atoms with Gasteiger partial charge in [0.1, 0.15) is 5.75 Å². The van der Waals surface area contributed by atoms with E-state index in [1.807, 2.05) is 5.43 Å². The maximum absolute atomic E-state index is 11.2. The van der Waals surface area contributed by atoms with E-state index in [9.17, 15) is 9.59 Å². The first-order valence-electron chi connectivity index (χ1n) is 4.77. The molecule has 0 aliphatic heterocycles. The molecule has 6 nitrogen and oxygen atoms in total. The number of amides is 2. The Labute approximate surface area is 103 Å². The maximum atomic E-state index is 11.2. The SMILES string of the molecule is NNC(=O)CNC(=O)COc1ccccc1Cl. The molecule has 17 heavy (non-hydrogen) atoms. The Balaban J connectivity index is 2.34. The van der Waals surface area contributed by atoms with Crippen LogP contribution in [0, 0.1) is 0 Å². The third-order valence-electron chi connectivity index (χ3n) is 1.80. The zero-order valence-corrected chi connectivity index (χ0v) is 9.66. The van der Waals surface area contributed by atoms with Crippen LogP contribution in [0.1, 0.15) is 0 Å². The smallest absolute Gasteiger partial charge is 0.258 e. The second kappa shape index (κ2) is 6.72. The molecule has 0 bridgehead atoms. The summed E-state index contributed by atoms with van der Waals surface area (Å²) in [6.07, 6.45) is 0. The Morgan fingerprint density at radius 1 is 1.29 bits per heavy atom. The lowest BCUT2D eigenvalue weighted by molar-refractivity contribution is -0.127. The molecule has 1 aromatic carbocycles. The Bertz CT molecular complexity index is 412. The van der Waals surface area contributed by atoms with Crippen LogP contribution in [0.4, 0.5) is 0 Å². The fourth-order valence-corrected chi connectivity index (χ4v) is 1.18. The van der Waals surface area contributed by atoms with Crippen molar-refractivity contribution in [3.05, 3.63) is 29.3 Å². The van der Waals surface area contributed by atoms with Gasteiger partial charge in [0.05, 0.1) is 11.6 Å².